The molecule has 20 heavy (non-hydrogen) atoms. The van der Waals surface area contributed by atoms with Crippen molar-refractivity contribution in [2.75, 3.05) is 6.54 Å². The van der Waals surface area contributed by atoms with E-state index in [0.717, 1.165) is 31.0 Å². The fraction of sp³-hybridized carbons (Fsp3) is 0.714. The predicted octanol–water partition coefficient (Wildman–Crippen LogP) is 1.39. The van der Waals surface area contributed by atoms with Crippen molar-refractivity contribution in [3.05, 3.63) is 17.5 Å². The van der Waals surface area contributed by atoms with Gasteiger partial charge in [0.1, 0.15) is 0 Å². The standard InChI is InChI=1S/C14H26N6/c1-11-12(10-17-20-11)6-5-9-16-14(19-15)18-13-7-3-2-4-8-13/h10,13H,2-9,15H2,1H3,(H,17,20)(H2,16,18,19). The van der Waals surface area contributed by atoms with E-state index in [9.17, 15) is 0 Å². The molecule has 1 heterocycles. The van der Waals surface area contributed by atoms with E-state index < -0.39 is 0 Å². The summed E-state index contributed by atoms with van der Waals surface area (Å²) >= 11 is 0. The van der Waals surface area contributed by atoms with Crippen molar-refractivity contribution >= 4 is 5.96 Å². The maximum atomic E-state index is 5.53. The van der Waals surface area contributed by atoms with Crippen LogP contribution in [0, 0.1) is 6.92 Å². The second kappa shape index (κ2) is 7.89. The first-order valence-electron chi connectivity index (χ1n) is 7.56. The van der Waals surface area contributed by atoms with Crippen LogP contribution in [0.3, 0.4) is 0 Å². The maximum absolute atomic E-state index is 5.53. The van der Waals surface area contributed by atoms with Gasteiger partial charge in [-0.3, -0.25) is 15.5 Å². The molecule has 1 fully saturated rings. The Kier molecular flexibility index (Phi) is 5.86. The van der Waals surface area contributed by atoms with Crippen LogP contribution in [-0.4, -0.2) is 28.7 Å². The van der Waals surface area contributed by atoms with Gasteiger partial charge in [-0.1, -0.05) is 19.3 Å². The Bertz CT molecular complexity index is 419. The van der Waals surface area contributed by atoms with Gasteiger partial charge in [0.15, 0.2) is 0 Å². The summed E-state index contributed by atoms with van der Waals surface area (Å²) in [7, 11) is 0. The SMILES string of the molecule is Cc1[nH]ncc1CCCN=C(NN)NC1CCCCC1. The summed E-state index contributed by atoms with van der Waals surface area (Å²) in [4.78, 5) is 4.50. The van der Waals surface area contributed by atoms with Crippen molar-refractivity contribution in [1.29, 1.82) is 0 Å². The molecule has 6 heteroatoms. The Balaban J connectivity index is 1.71. The van der Waals surface area contributed by atoms with E-state index in [1.54, 1.807) is 0 Å². The van der Waals surface area contributed by atoms with Crippen molar-refractivity contribution in [3.8, 4) is 0 Å². The van der Waals surface area contributed by atoms with Gasteiger partial charge in [-0.2, -0.15) is 5.10 Å². The lowest BCUT2D eigenvalue weighted by Crippen LogP contribution is -2.47. The van der Waals surface area contributed by atoms with E-state index in [-0.39, 0.29) is 0 Å². The van der Waals surface area contributed by atoms with Crippen molar-refractivity contribution < 1.29 is 0 Å². The first-order chi connectivity index (χ1) is 9.79. The van der Waals surface area contributed by atoms with Gasteiger partial charge in [-0.05, 0) is 38.2 Å². The summed E-state index contributed by atoms with van der Waals surface area (Å²) in [5.41, 5.74) is 5.09. The molecule has 0 aliphatic heterocycles. The quantitative estimate of drug-likeness (QED) is 0.215. The maximum Gasteiger partial charge on any atom is 0.205 e. The second-order valence-corrected chi connectivity index (χ2v) is 5.48. The van der Waals surface area contributed by atoms with E-state index in [2.05, 4.69) is 25.9 Å². The lowest BCUT2D eigenvalue weighted by Gasteiger charge is -2.24. The lowest BCUT2D eigenvalue weighted by atomic mass is 9.96. The lowest BCUT2D eigenvalue weighted by molar-refractivity contribution is 0.410. The highest BCUT2D eigenvalue weighted by atomic mass is 15.3. The molecule has 0 spiro atoms. The summed E-state index contributed by atoms with van der Waals surface area (Å²) in [6.07, 6.45) is 10.3. The molecular formula is C14H26N6. The van der Waals surface area contributed by atoms with Crippen LogP contribution in [0.1, 0.15) is 49.8 Å². The number of nitrogens with zero attached hydrogens (tertiary/aromatic N) is 2. The molecule has 1 aliphatic carbocycles. The molecule has 0 saturated heterocycles. The molecule has 1 saturated carbocycles. The molecule has 1 aromatic rings. The Labute approximate surface area is 120 Å². The third-order valence-corrected chi connectivity index (χ3v) is 3.89. The average Bonchev–Trinajstić information content (AvgIpc) is 2.89. The number of H-pyrrole nitrogens is 1. The molecule has 0 aromatic carbocycles. The minimum atomic E-state index is 0.523. The zero-order chi connectivity index (χ0) is 14.2. The minimum absolute atomic E-state index is 0.523. The Hall–Kier alpha value is -1.56. The highest BCUT2D eigenvalue weighted by Crippen LogP contribution is 2.17. The van der Waals surface area contributed by atoms with Crippen molar-refractivity contribution in [3.63, 3.8) is 0 Å². The summed E-state index contributed by atoms with van der Waals surface area (Å²) < 4.78 is 0. The normalized spacial score (nSPS) is 17.2. The van der Waals surface area contributed by atoms with Gasteiger partial charge in [-0.15, -0.1) is 0 Å². The molecule has 5 N–H and O–H groups in total. The molecule has 0 atom stereocenters. The number of aromatic nitrogens is 2. The molecule has 0 radical (unpaired) electrons. The molecular weight excluding hydrogens is 252 g/mol. The van der Waals surface area contributed by atoms with Gasteiger partial charge in [0, 0.05) is 18.3 Å². The topological polar surface area (TPSA) is 91.1 Å². The van der Waals surface area contributed by atoms with Crippen LogP contribution >= 0.6 is 0 Å². The van der Waals surface area contributed by atoms with Crippen LogP contribution in [0.5, 0.6) is 0 Å². The Morgan fingerprint density at radius 1 is 1.45 bits per heavy atom. The van der Waals surface area contributed by atoms with Crippen LogP contribution < -0.4 is 16.6 Å². The van der Waals surface area contributed by atoms with Crippen LogP contribution in [-0.2, 0) is 6.42 Å². The molecule has 1 aromatic heterocycles. The summed E-state index contributed by atoms with van der Waals surface area (Å²) in [6, 6.07) is 0.523. The number of guanidine groups is 1. The van der Waals surface area contributed by atoms with E-state index >= 15 is 0 Å². The number of nitrogens with one attached hydrogen (secondary N) is 3. The van der Waals surface area contributed by atoms with Crippen molar-refractivity contribution in [2.24, 2.45) is 10.8 Å². The number of hydrogen-bond acceptors (Lipinski definition) is 3. The van der Waals surface area contributed by atoms with Crippen LogP contribution in [0.15, 0.2) is 11.2 Å². The predicted molar refractivity (Wildman–Crippen MR) is 81.3 cm³/mol. The number of aromatic amines is 1. The third kappa shape index (κ3) is 4.52. The summed E-state index contributed by atoms with van der Waals surface area (Å²) in [5.74, 6) is 6.26. The molecule has 6 nitrogen and oxygen atoms in total. The zero-order valence-corrected chi connectivity index (χ0v) is 12.3. The first kappa shape index (κ1) is 14.8. The van der Waals surface area contributed by atoms with Gasteiger partial charge in [0.2, 0.25) is 5.96 Å². The number of aliphatic imine (C=N–C) groups is 1. The third-order valence-electron chi connectivity index (χ3n) is 3.89. The van der Waals surface area contributed by atoms with Crippen LogP contribution in [0.4, 0.5) is 0 Å². The van der Waals surface area contributed by atoms with E-state index in [0.29, 0.717) is 6.04 Å². The molecule has 0 amide bonds. The number of hydrazine groups is 1. The molecule has 112 valence electrons. The van der Waals surface area contributed by atoms with Gasteiger partial charge in [0.25, 0.3) is 0 Å². The molecule has 0 bridgehead atoms. The summed E-state index contributed by atoms with van der Waals surface area (Å²) in [5, 5.41) is 10.4. The van der Waals surface area contributed by atoms with Crippen LogP contribution in [0.25, 0.3) is 0 Å². The Morgan fingerprint density at radius 2 is 2.25 bits per heavy atom. The van der Waals surface area contributed by atoms with E-state index in [1.807, 2.05) is 13.1 Å². The van der Waals surface area contributed by atoms with Crippen molar-refractivity contribution in [2.45, 2.75) is 57.9 Å². The van der Waals surface area contributed by atoms with Gasteiger partial charge < -0.3 is 5.32 Å². The highest BCUT2D eigenvalue weighted by molar-refractivity contribution is 5.79. The number of hydrogen-bond donors (Lipinski definition) is 4. The molecule has 2 rings (SSSR count). The summed E-state index contributed by atoms with van der Waals surface area (Å²) in [6.45, 7) is 2.81. The fourth-order valence-corrected chi connectivity index (χ4v) is 2.66. The van der Waals surface area contributed by atoms with Gasteiger partial charge >= 0.3 is 0 Å². The smallest absolute Gasteiger partial charge is 0.205 e. The average molecular weight is 278 g/mol. The molecule has 0 unspecified atom stereocenters. The number of rotatable bonds is 5. The van der Waals surface area contributed by atoms with Crippen LogP contribution in [0.2, 0.25) is 0 Å². The van der Waals surface area contributed by atoms with Gasteiger partial charge in [0.05, 0.1) is 6.20 Å². The largest absolute Gasteiger partial charge is 0.353 e. The Morgan fingerprint density at radius 3 is 2.90 bits per heavy atom. The van der Waals surface area contributed by atoms with Gasteiger partial charge in [-0.25, -0.2) is 5.84 Å². The number of nitrogens with two attached hydrogens (primary N) is 1. The second-order valence-electron chi connectivity index (χ2n) is 5.48. The van der Waals surface area contributed by atoms with E-state index in [1.165, 1.54) is 37.7 Å². The monoisotopic (exact) mass is 278 g/mol. The van der Waals surface area contributed by atoms with E-state index in [4.69, 9.17) is 5.84 Å². The highest BCUT2D eigenvalue weighted by Gasteiger charge is 2.13. The minimum Gasteiger partial charge on any atom is -0.353 e. The fourth-order valence-electron chi connectivity index (χ4n) is 2.66. The molecule has 1 aliphatic rings. The zero-order valence-electron chi connectivity index (χ0n) is 12.3. The van der Waals surface area contributed by atoms with Crippen molar-refractivity contribution in [1.82, 2.24) is 20.9 Å². The number of aryl methyl sites for hydroxylation is 2. The first-order valence-corrected chi connectivity index (χ1v) is 7.56.